The van der Waals surface area contributed by atoms with Crippen LogP contribution < -0.4 is 5.32 Å². The van der Waals surface area contributed by atoms with Crippen LogP contribution in [-0.2, 0) is 0 Å². The predicted octanol–water partition coefficient (Wildman–Crippen LogP) is 2.57. The summed E-state index contributed by atoms with van der Waals surface area (Å²) in [5.74, 6) is 0. The molecule has 1 heterocycles. The number of nitrogens with zero attached hydrogens (tertiary/aromatic N) is 2. The molecule has 1 aliphatic heterocycles. The van der Waals surface area contributed by atoms with Crippen molar-refractivity contribution in [2.45, 2.75) is 12.5 Å². The summed E-state index contributed by atoms with van der Waals surface area (Å²) in [7, 11) is 0. The van der Waals surface area contributed by atoms with Crippen LogP contribution in [0.1, 0.15) is 11.6 Å². The van der Waals surface area contributed by atoms with Gasteiger partial charge in [-0.25, -0.2) is 8.78 Å². The van der Waals surface area contributed by atoms with Gasteiger partial charge in [0.1, 0.15) is 0 Å². The highest BCUT2D eigenvalue weighted by atomic mass is 79.9. The van der Waals surface area contributed by atoms with Crippen molar-refractivity contribution >= 4 is 21.6 Å². The number of piperazine rings is 1. The van der Waals surface area contributed by atoms with Crippen LogP contribution in [0.25, 0.3) is 0 Å². The number of halogens is 3. The molecule has 0 unspecified atom stereocenters. The van der Waals surface area contributed by atoms with Gasteiger partial charge in [0, 0.05) is 32.2 Å². The highest BCUT2D eigenvalue weighted by molar-refractivity contribution is 9.10. The lowest BCUT2D eigenvalue weighted by Gasteiger charge is -2.34. The first-order valence-corrected chi connectivity index (χ1v) is 6.96. The molecule has 20 heavy (non-hydrogen) atoms. The van der Waals surface area contributed by atoms with Gasteiger partial charge in [-0.1, -0.05) is 6.07 Å². The number of benzene rings is 1. The van der Waals surface area contributed by atoms with Crippen LogP contribution in [0.4, 0.5) is 14.5 Å². The molecule has 1 saturated heterocycles. The molecular formula is C12H14BrF2N3O2. The number of nitro groups is 1. The van der Waals surface area contributed by atoms with E-state index in [0.29, 0.717) is 30.7 Å². The zero-order valence-electron chi connectivity index (χ0n) is 10.6. The molecule has 0 saturated carbocycles. The summed E-state index contributed by atoms with van der Waals surface area (Å²) >= 11 is 3.06. The van der Waals surface area contributed by atoms with Crippen LogP contribution in [0, 0.1) is 10.1 Å². The number of alkyl halides is 2. The van der Waals surface area contributed by atoms with Gasteiger partial charge >= 0.3 is 0 Å². The van der Waals surface area contributed by atoms with Crippen LogP contribution in [0.5, 0.6) is 0 Å². The predicted molar refractivity (Wildman–Crippen MR) is 74.0 cm³/mol. The largest absolute Gasteiger partial charge is 0.314 e. The average Bonchev–Trinajstić information content (AvgIpc) is 2.41. The molecule has 1 aromatic rings. The van der Waals surface area contributed by atoms with Gasteiger partial charge in [-0.3, -0.25) is 15.0 Å². The molecule has 1 fully saturated rings. The fourth-order valence-electron chi connectivity index (χ4n) is 2.33. The first kappa shape index (κ1) is 15.3. The zero-order valence-corrected chi connectivity index (χ0v) is 12.1. The minimum Gasteiger partial charge on any atom is -0.314 e. The fourth-order valence-corrected chi connectivity index (χ4v) is 2.72. The van der Waals surface area contributed by atoms with E-state index in [1.54, 1.807) is 4.90 Å². The first-order chi connectivity index (χ1) is 9.50. The number of rotatable bonds is 4. The van der Waals surface area contributed by atoms with Crippen LogP contribution in [0.15, 0.2) is 22.7 Å². The smallest absolute Gasteiger partial charge is 0.283 e. The van der Waals surface area contributed by atoms with Crippen molar-refractivity contribution in [3.8, 4) is 0 Å². The summed E-state index contributed by atoms with van der Waals surface area (Å²) in [6, 6.07) is 3.08. The Bertz CT molecular complexity index is 496. The van der Waals surface area contributed by atoms with E-state index in [0.717, 1.165) is 0 Å². The van der Waals surface area contributed by atoms with Crippen molar-refractivity contribution in [2.24, 2.45) is 0 Å². The summed E-state index contributed by atoms with van der Waals surface area (Å²) in [4.78, 5) is 12.0. The molecule has 0 aliphatic carbocycles. The molecule has 110 valence electrons. The highest BCUT2D eigenvalue weighted by Crippen LogP contribution is 2.33. The van der Waals surface area contributed by atoms with Crippen molar-refractivity contribution in [2.75, 3.05) is 26.2 Å². The Hall–Kier alpha value is -1.12. The molecule has 0 bridgehead atoms. The van der Waals surface area contributed by atoms with Crippen LogP contribution in [0.3, 0.4) is 0 Å². The molecule has 5 nitrogen and oxygen atoms in total. The molecule has 0 amide bonds. The maximum absolute atomic E-state index is 13.4. The van der Waals surface area contributed by atoms with Crippen molar-refractivity contribution in [1.29, 1.82) is 0 Å². The topological polar surface area (TPSA) is 58.4 Å². The van der Waals surface area contributed by atoms with Gasteiger partial charge in [0.25, 0.3) is 12.1 Å². The lowest BCUT2D eigenvalue weighted by Crippen LogP contribution is -2.46. The van der Waals surface area contributed by atoms with Crippen molar-refractivity contribution < 1.29 is 13.7 Å². The molecule has 1 aromatic carbocycles. The Morgan fingerprint density at radius 1 is 1.35 bits per heavy atom. The second-order valence-corrected chi connectivity index (χ2v) is 5.39. The van der Waals surface area contributed by atoms with E-state index < -0.39 is 17.4 Å². The summed E-state index contributed by atoms with van der Waals surface area (Å²) in [6.45, 7) is 2.28. The number of hydrogen-bond donors (Lipinski definition) is 1. The normalized spacial score (nSPS) is 18.2. The molecule has 1 N–H and O–H groups in total. The second kappa shape index (κ2) is 6.55. The highest BCUT2D eigenvalue weighted by Gasteiger charge is 2.31. The van der Waals surface area contributed by atoms with E-state index in [1.807, 2.05) is 0 Å². The Morgan fingerprint density at radius 2 is 2.00 bits per heavy atom. The monoisotopic (exact) mass is 349 g/mol. The van der Waals surface area contributed by atoms with E-state index in [-0.39, 0.29) is 11.3 Å². The van der Waals surface area contributed by atoms with E-state index in [4.69, 9.17) is 0 Å². The quantitative estimate of drug-likeness (QED) is 0.670. The first-order valence-electron chi connectivity index (χ1n) is 6.17. The maximum Gasteiger partial charge on any atom is 0.283 e. The van der Waals surface area contributed by atoms with Crippen molar-refractivity contribution in [1.82, 2.24) is 10.2 Å². The minimum atomic E-state index is -2.59. The fraction of sp³-hybridized carbons (Fsp3) is 0.500. The van der Waals surface area contributed by atoms with Gasteiger partial charge in [-0.15, -0.1) is 0 Å². The van der Waals surface area contributed by atoms with E-state index in [2.05, 4.69) is 21.2 Å². The number of nitro benzene ring substituents is 1. The van der Waals surface area contributed by atoms with Gasteiger partial charge in [0.05, 0.1) is 15.4 Å². The Kier molecular flexibility index (Phi) is 5.00. The Morgan fingerprint density at radius 3 is 2.55 bits per heavy atom. The van der Waals surface area contributed by atoms with Gasteiger partial charge in [-0.2, -0.15) is 0 Å². The molecule has 0 spiro atoms. The van der Waals surface area contributed by atoms with Crippen LogP contribution in [-0.4, -0.2) is 42.4 Å². The zero-order chi connectivity index (χ0) is 14.7. The Labute approximate surface area is 123 Å². The van der Waals surface area contributed by atoms with Gasteiger partial charge in [0.15, 0.2) is 0 Å². The second-order valence-electron chi connectivity index (χ2n) is 4.53. The van der Waals surface area contributed by atoms with Gasteiger partial charge in [0.2, 0.25) is 0 Å². The minimum absolute atomic E-state index is 0.191. The third-order valence-corrected chi connectivity index (χ3v) is 3.96. The van der Waals surface area contributed by atoms with E-state index >= 15 is 0 Å². The number of hydrogen-bond acceptors (Lipinski definition) is 4. The molecule has 0 radical (unpaired) electrons. The molecule has 2 rings (SSSR count). The van der Waals surface area contributed by atoms with E-state index in [1.165, 1.54) is 18.2 Å². The molecule has 0 aromatic heterocycles. The standard InChI is InChI=1S/C12H14BrF2N3O2/c13-9-2-1-8(7-10(9)18(19)20)11(12(14)15)17-5-3-16-4-6-17/h1-2,7,11-12,16H,3-6H2/t11-/m0/s1. The molecule has 1 atom stereocenters. The van der Waals surface area contributed by atoms with Crippen molar-refractivity contribution in [3.05, 3.63) is 38.3 Å². The van der Waals surface area contributed by atoms with Gasteiger partial charge < -0.3 is 5.32 Å². The SMILES string of the molecule is O=[N+]([O-])c1cc([C@@H](C(F)F)N2CCNCC2)ccc1Br. The third kappa shape index (κ3) is 3.31. The van der Waals surface area contributed by atoms with Crippen LogP contribution in [0.2, 0.25) is 0 Å². The molecular weight excluding hydrogens is 336 g/mol. The summed E-state index contributed by atoms with van der Waals surface area (Å²) in [6.07, 6.45) is -2.59. The maximum atomic E-state index is 13.4. The van der Waals surface area contributed by atoms with E-state index in [9.17, 15) is 18.9 Å². The van der Waals surface area contributed by atoms with Crippen molar-refractivity contribution in [3.63, 3.8) is 0 Å². The summed E-state index contributed by atoms with van der Waals surface area (Å²) in [5.41, 5.74) is 0.0834. The number of nitrogens with one attached hydrogen (secondary N) is 1. The summed E-state index contributed by atoms with van der Waals surface area (Å²) in [5, 5.41) is 14.0. The Balaban J connectivity index is 2.33. The molecule has 8 heteroatoms. The lowest BCUT2D eigenvalue weighted by molar-refractivity contribution is -0.385. The molecule has 1 aliphatic rings. The summed E-state index contributed by atoms with van der Waals surface area (Å²) < 4.78 is 27.0. The lowest BCUT2D eigenvalue weighted by atomic mass is 10.0. The average molecular weight is 350 g/mol. The third-order valence-electron chi connectivity index (χ3n) is 3.29. The van der Waals surface area contributed by atoms with Crippen LogP contribution >= 0.6 is 15.9 Å². The van der Waals surface area contributed by atoms with Gasteiger partial charge in [-0.05, 0) is 27.6 Å².